The van der Waals surface area contributed by atoms with Crippen LogP contribution in [0.2, 0.25) is 0 Å². The van der Waals surface area contributed by atoms with E-state index in [0.717, 1.165) is 17.0 Å². The minimum atomic E-state index is -0.149. The van der Waals surface area contributed by atoms with Crippen molar-refractivity contribution in [2.45, 2.75) is 6.42 Å². The topological polar surface area (TPSA) is 55.6 Å². The van der Waals surface area contributed by atoms with Gasteiger partial charge in [-0.3, -0.25) is 4.79 Å². The van der Waals surface area contributed by atoms with Crippen molar-refractivity contribution < 1.29 is 9.53 Å². The van der Waals surface area contributed by atoms with Crippen LogP contribution in [0.5, 0.6) is 5.75 Å². The number of carbonyl (C=O) groups excluding carboxylic acids is 1. The Bertz CT molecular complexity index is 687. The zero-order chi connectivity index (χ0) is 15.8. The van der Waals surface area contributed by atoms with E-state index in [1.807, 2.05) is 60.3 Å². The largest absolute Gasteiger partial charge is 0.496 e. The number of hydrazone groups is 1. The van der Waals surface area contributed by atoms with Crippen molar-refractivity contribution in [3.05, 3.63) is 59.9 Å². The number of aromatic nitrogens is 1. The Balaban J connectivity index is 1.84. The predicted molar refractivity (Wildman–Crippen MR) is 87.8 cm³/mol. The third kappa shape index (κ3) is 4.34. The highest BCUT2D eigenvalue weighted by molar-refractivity contribution is 5.82. The lowest BCUT2D eigenvalue weighted by Crippen LogP contribution is -2.20. The zero-order valence-electron chi connectivity index (χ0n) is 12.7. The summed E-state index contributed by atoms with van der Waals surface area (Å²) in [4.78, 5) is 11.7. The Morgan fingerprint density at radius 3 is 2.86 bits per heavy atom. The average molecular weight is 297 g/mol. The summed E-state index contributed by atoms with van der Waals surface area (Å²) < 4.78 is 7.15. The molecular formula is C17H19N3O2. The zero-order valence-corrected chi connectivity index (χ0v) is 12.7. The number of carbonyl (C=O) groups is 1. The van der Waals surface area contributed by atoms with Gasteiger partial charge in [-0.1, -0.05) is 18.2 Å². The molecular weight excluding hydrogens is 278 g/mol. The lowest BCUT2D eigenvalue weighted by molar-refractivity contribution is -0.120. The number of methoxy groups -OCH3 is 1. The fourth-order valence-electron chi connectivity index (χ4n) is 1.99. The van der Waals surface area contributed by atoms with Crippen LogP contribution in [0.15, 0.2) is 53.8 Å². The van der Waals surface area contributed by atoms with E-state index >= 15 is 0 Å². The van der Waals surface area contributed by atoms with Crippen LogP contribution in [0.3, 0.4) is 0 Å². The molecule has 0 saturated heterocycles. The Hall–Kier alpha value is -2.82. The fourth-order valence-corrected chi connectivity index (χ4v) is 1.99. The van der Waals surface area contributed by atoms with E-state index in [2.05, 4.69) is 10.5 Å². The first-order valence-corrected chi connectivity index (χ1v) is 6.92. The summed E-state index contributed by atoms with van der Waals surface area (Å²) in [5.74, 6) is 0.642. The van der Waals surface area contributed by atoms with Crippen molar-refractivity contribution in [3.8, 4) is 5.75 Å². The van der Waals surface area contributed by atoms with Gasteiger partial charge in [0.1, 0.15) is 5.75 Å². The second-order valence-corrected chi connectivity index (χ2v) is 4.70. The molecule has 0 aliphatic rings. The maximum absolute atomic E-state index is 11.7. The minimum absolute atomic E-state index is 0.149. The average Bonchev–Trinajstić information content (AvgIpc) is 2.92. The summed E-state index contributed by atoms with van der Waals surface area (Å²) in [6.07, 6.45) is 7.36. The first kappa shape index (κ1) is 15.6. The van der Waals surface area contributed by atoms with Gasteiger partial charge in [0.25, 0.3) is 0 Å². The van der Waals surface area contributed by atoms with E-state index in [4.69, 9.17) is 4.74 Å². The van der Waals surface area contributed by atoms with Crippen LogP contribution in [0.1, 0.15) is 11.3 Å². The number of nitrogens with one attached hydrogen (secondary N) is 1. The number of allylic oxidation sites excluding steroid dienone is 1. The van der Waals surface area contributed by atoms with Gasteiger partial charge in [-0.2, -0.15) is 5.10 Å². The molecule has 114 valence electrons. The second kappa shape index (κ2) is 7.83. The van der Waals surface area contributed by atoms with Gasteiger partial charge in [-0.15, -0.1) is 0 Å². The van der Waals surface area contributed by atoms with Crippen molar-refractivity contribution in [1.82, 2.24) is 9.99 Å². The van der Waals surface area contributed by atoms with Gasteiger partial charge in [-0.05, 0) is 30.4 Å². The number of rotatable bonds is 6. The summed E-state index contributed by atoms with van der Waals surface area (Å²) in [6, 6.07) is 11.5. The molecule has 1 heterocycles. The molecule has 5 heteroatoms. The first-order valence-electron chi connectivity index (χ1n) is 6.92. The summed E-state index contributed by atoms with van der Waals surface area (Å²) >= 11 is 0. The van der Waals surface area contributed by atoms with E-state index in [-0.39, 0.29) is 5.91 Å². The van der Waals surface area contributed by atoms with E-state index < -0.39 is 0 Å². The van der Waals surface area contributed by atoms with Gasteiger partial charge in [0.2, 0.25) is 5.91 Å². The number of para-hydroxylation sites is 1. The number of nitrogens with zero attached hydrogens (tertiary/aromatic N) is 2. The molecule has 2 rings (SSSR count). The van der Waals surface area contributed by atoms with Crippen LogP contribution in [-0.4, -0.2) is 23.8 Å². The minimum Gasteiger partial charge on any atom is -0.496 e. The van der Waals surface area contributed by atoms with Gasteiger partial charge < -0.3 is 9.30 Å². The van der Waals surface area contributed by atoms with Crippen LogP contribution in [0.25, 0.3) is 6.08 Å². The Labute approximate surface area is 129 Å². The van der Waals surface area contributed by atoms with Gasteiger partial charge in [0, 0.05) is 30.7 Å². The smallest absolute Gasteiger partial charge is 0.245 e. The van der Waals surface area contributed by atoms with Crippen LogP contribution in [0.4, 0.5) is 0 Å². The normalized spacial score (nSPS) is 11.2. The molecule has 0 unspecified atom stereocenters. The van der Waals surface area contributed by atoms with Gasteiger partial charge >= 0.3 is 0 Å². The van der Waals surface area contributed by atoms with E-state index in [1.54, 1.807) is 13.2 Å². The quantitative estimate of drug-likeness (QED) is 0.657. The molecule has 0 fully saturated rings. The Morgan fingerprint density at radius 1 is 1.32 bits per heavy atom. The van der Waals surface area contributed by atoms with Crippen molar-refractivity contribution in [3.63, 3.8) is 0 Å². The van der Waals surface area contributed by atoms with Gasteiger partial charge in [-0.25, -0.2) is 5.43 Å². The third-order valence-electron chi connectivity index (χ3n) is 3.16. The van der Waals surface area contributed by atoms with E-state index in [0.29, 0.717) is 6.42 Å². The standard InChI is InChI=1S/C17H19N3O2/c1-20-12-6-9-15(20)13-17(21)19-18-11-5-8-14-7-3-4-10-16(14)22-2/h3-12H,13H2,1-2H3,(H,19,21)/b8-5+,18-11-. The molecule has 0 aliphatic heterocycles. The lowest BCUT2D eigenvalue weighted by Gasteiger charge is -2.02. The third-order valence-corrected chi connectivity index (χ3v) is 3.16. The van der Waals surface area contributed by atoms with Crippen molar-refractivity contribution in [1.29, 1.82) is 0 Å². The number of amides is 1. The summed E-state index contributed by atoms with van der Waals surface area (Å²) in [5, 5.41) is 3.89. The molecule has 22 heavy (non-hydrogen) atoms. The number of aryl methyl sites for hydroxylation is 1. The molecule has 0 saturated carbocycles. The molecule has 0 spiro atoms. The number of hydrogen-bond acceptors (Lipinski definition) is 3. The molecule has 0 radical (unpaired) electrons. The molecule has 1 aromatic carbocycles. The van der Waals surface area contributed by atoms with Gasteiger partial charge in [0.05, 0.1) is 13.5 Å². The van der Waals surface area contributed by atoms with Crippen LogP contribution in [-0.2, 0) is 18.3 Å². The molecule has 5 nitrogen and oxygen atoms in total. The molecule has 1 aromatic heterocycles. The van der Waals surface area contributed by atoms with Crippen LogP contribution >= 0.6 is 0 Å². The highest BCUT2D eigenvalue weighted by Crippen LogP contribution is 2.18. The molecule has 0 bridgehead atoms. The maximum atomic E-state index is 11.7. The van der Waals surface area contributed by atoms with Crippen molar-refractivity contribution in [2.24, 2.45) is 12.1 Å². The van der Waals surface area contributed by atoms with Crippen LogP contribution < -0.4 is 10.2 Å². The number of ether oxygens (including phenoxy) is 1. The summed E-state index contributed by atoms with van der Waals surface area (Å²) in [6.45, 7) is 0. The predicted octanol–water partition coefficient (Wildman–Crippen LogP) is 2.39. The van der Waals surface area contributed by atoms with Crippen LogP contribution in [0, 0.1) is 0 Å². The Kier molecular flexibility index (Phi) is 5.54. The molecule has 1 N–H and O–H groups in total. The SMILES string of the molecule is COc1ccccc1/C=C/C=N\NC(=O)Cc1cccn1C. The van der Waals surface area contributed by atoms with Gasteiger partial charge in [0.15, 0.2) is 0 Å². The molecule has 0 atom stereocenters. The van der Waals surface area contributed by atoms with Crippen molar-refractivity contribution >= 4 is 18.2 Å². The maximum Gasteiger partial charge on any atom is 0.245 e. The lowest BCUT2D eigenvalue weighted by atomic mass is 10.2. The summed E-state index contributed by atoms with van der Waals surface area (Å²) in [5.41, 5.74) is 4.39. The number of hydrogen-bond donors (Lipinski definition) is 1. The highest BCUT2D eigenvalue weighted by Gasteiger charge is 2.03. The monoisotopic (exact) mass is 297 g/mol. The second-order valence-electron chi connectivity index (χ2n) is 4.70. The molecule has 0 aliphatic carbocycles. The molecule has 2 aromatic rings. The molecule has 1 amide bonds. The Morgan fingerprint density at radius 2 is 2.14 bits per heavy atom. The fraction of sp³-hybridized carbons (Fsp3) is 0.176. The van der Waals surface area contributed by atoms with E-state index in [9.17, 15) is 4.79 Å². The first-order chi connectivity index (χ1) is 10.7. The summed E-state index contributed by atoms with van der Waals surface area (Å²) in [7, 11) is 3.53. The highest BCUT2D eigenvalue weighted by atomic mass is 16.5. The van der Waals surface area contributed by atoms with E-state index in [1.165, 1.54) is 6.21 Å². The van der Waals surface area contributed by atoms with Crippen molar-refractivity contribution in [2.75, 3.05) is 7.11 Å². The number of benzene rings is 1.